The van der Waals surface area contributed by atoms with Crippen LogP contribution >= 0.6 is 0 Å². The fourth-order valence-corrected chi connectivity index (χ4v) is 3.49. The Hall–Kier alpha value is -3.21. The maximum atomic E-state index is 12.3. The average molecular weight is 348 g/mol. The minimum absolute atomic E-state index is 0.112. The smallest absolute Gasteiger partial charge is 0.422 e. The van der Waals surface area contributed by atoms with Crippen LogP contribution in [0.3, 0.4) is 0 Å². The summed E-state index contributed by atoms with van der Waals surface area (Å²) >= 11 is 0. The van der Waals surface area contributed by atoms with Crippen LogP contribution < -0.4 is 5.76 Å². The van der Waals surface area contributed by atoms with E-state index in [9.17, 15) is 9.90 Å². The lowest BCUT2D eigenvalue weighted by Crippen LogP contribution is -2.14. The van der Waals surface area contributed by atoms with Gasteiger partial charge < -0.3 is 14.5 Å². The molecule has 0 spiro atoms. The first kappa shape index (κ1) is 16.3. The Bertz CT molecular complexity index is 1130. The molecular weight excluding hydrogens is 328 g/mol. The van der Waals surface area contributed by atoms with Gasteiger partial charge >= 0.3 is 5.76 Å². The van der Waals surface area contributed by atoms with Gasteiger partial charge in [-0.15, -0.1) is 0 Å². The van der Waals surface area contributed by atoms with Crippen molar-refractivity contribution < 1.29 is 9.52 Å². The Morgan fingerprint density at radius 3 is 2.62 bits per heavy atom. The number of hydrogen-bond acceptors (Lipinski definition) is 3. The number of aryl methyl sites for hydroxylation is 2. The van der Waals surface area contributed by atoms with Gasteiger partial charge in [-0.05, 0) is 31.0 Å². The lowest BCUT2D eigenvalue weighted by molar-refractivity contribution is 0.414. The van der Waals surface area contributed by atoms with E-state index in [1.54, 1.807) is 0 Å². The van der Waals surface area contributed by atoms with Crippen molar-refractivity contribution in [3.8, 4) is 5.88 Å². The van der Waals surface area contributed by atoms with Gasteiger partial charge in [-0.3, -0.25) is 0 Å². The quantitative estimate of drug-likeness (QED) is 0.588. The fourth-order valence-electron chi connectivity index (χ4n) is 3.49. The van der Waals surface area contributed by atoms with Crippen molar-refractivity contribution in [2.24, 2.45) is 0 Å². The monoisotopic (exact) mass is 348 g/mol. The van der Waals surface area contributed by atoms with Gasteiger partial charge in [0.25, 0.3) is 0 Å². The minimum atomic E-state index is -0.545. The zero-order valence-corrected chi connectivity index (χ0v) is 14.7. The highest BCUT2D eigenvalue weighted by molar-refractivity contribution is 5.83. The number of nitrogens with one attached hydrogen (secondary N) is 1. The van der Waals surface area contributed by atoms with Crippen molar-refractivity contribution in [2.45, 2.75) is 26.8 Å². The van der Waals surface area contributed by atoms with E-state index in [4.69, 9.17) is 4.42 Å². The van der Waals surface area contributed by atoms with Crippen molar-refractivity contribution in [3.05, 3.63) is 87.2 Å². The van der Waals surface area contributed by atoms with Crippen LogP contribution in [0, 0.1) is 13.8 Å². The highest BCUT2D eigenvalue weighted by Gasteiger charge is 2.18. The van der Waals surface area contributed by atoms with E-state index in [0.717, 1.165) is 33.2 Å². The molecule has 0 saturated carbocycles. The molecule has 26 heavy (non-hydrogen) atoms. The molecule has 0 saturated heterocycles. The number of aromatic amines is 1. The molecule has 4 rings (SSSR count). The largest absolute Gasteiger partial charge is 0.492 e. The molecule has 0 unspecified atom stereocenters. The van der Waals surface area contributed by atoms with Crippen LogP contribution in [0.25, 0.3) is 10.9 Å². The minimum Gasteiger partial charge on any atom is -0.492 e. The van der Waals surface area contributed by atoms with Gasteiger partial charge in [0.1, 0.15) is 0 Å². The van der Waals surface area contributed by atoms with Crippen LogP contribution in [0.1, 0.15) is 28.0 Å². The molecule has 2 aromatic heterocycles. The normalized spacial score (nSPS) is 11.3. The summed E-state index contributed by atoms with van der Waals surface area (Å²) in [5, 5.41) is 11.6. The number of H-pyrrole nitrogens is 1. The number of oxazole rings is 1. The van der Waals surface area contributed by atoms with E-state index < -0.39 is 5.76 Å². The maximum Gasteiger partial charge on any atom is 0.422 e. The number of rotatable bonds is 4. The third kappa shape index (κ3) is 2.92. The molecule has 0 atom stereocenters. The number of aromatic nitrogens is 2. The highest BCUT2D eigenvalue weighted by atomic mass is 16.4. The topological polar surface area (TPSA) is 71.2 Å². The van der Waals surface area contributed by atoms with Gasteiger partial charge in [0.05, 0.1) is 6.54 Å². The summed E-state index contributed by atoms with van der Waals surface area (Å²) in [6.45, 7) is 4.30. The molecule has 4 aromatic rings. The second-order valence-corrected chi connectivity index (χ2v) is 6.73. The lowest BCUT2D eigenvalue weighted by Gasteiger charge is -2.06. The Balaban J connectivity index is 1.67. The molecule has 0 aliphatic rings. The van der Waals surface area contributed by atoms with Crippen molar-refractivity contribution in [1.29, 1.82) is 0 Å². The van der Waals surface area contributed by atoms with E-state index in [1.165, 1.54) is 4.57 Å². The molecule has 2 N–H and O–H groups in total. The average Bonchev–Trinajstić information content (AvgIpc) is 3.11. The highest BCUT2D eigenvalue weighted by Crippen LogP contribution is 2.25. The van der Waals surface area contributed by atoms with Crippen LogP contribution in [-0.2, 0) is 13.0 Å². The molecule has 0 fully saturated rings. The van der Waals surface area contributed by atoms with Gasteiger partial charge in [0, 0.05) is 23.5 Å². The summed E-state index contributed by atoms with van der Waals surface area (Å²) in [5.41, 5.74) is 5.19. The second-order valence-electron chi connectivity index (χ2n) is 6.73. The summed E-state index contributed by atoms with van der Waals surface area (Å²) < 4.78 is 6.62. The SMILES string of the molecule is Cc1cc(C)cc(Cn2c(O)c(Cc3c[nH]c4ccccc34)oc2=O)c1. The molecule has 0 amide bonds. The van der Waals surface area contributed by atoms with Crippen LogP contribution in [0.2, 0.25) is 0 Å². The molecule has 5 heteroatoms. The number of nitrogens with zero attached hydrogens (tertiary/aromatic N) is 1. The molecule has 2 heterocycles. The molecule has 0 aliphatic carbocycles. The summed E-state index contributed by atoms with van der Waals surface area (Å²) in [6, 6.07) is 14.0. The van der Waals surface area contributed by atoms with E-state index >= 15 is 0 Å². The summed E-state index contributed by atoms with van der Waals surface area (Å²) in [7, 11) is 0. The Morgan fingerprint density at radius 1 is 1.12 bits per heavy atom. The Morgan fingerprint density at radius 2 is 1.85 bits per heavy atom. The molecule has 132 valence electrons. The molecular formula is C21H20N2O3. The predicted molar refractivity (Wildman–Crippen MR) is 101 cm³/mol. The summed E-state index contributed by atoms with van der Waals surface area (Å²) in [6.07, 6.45) is 2.23. The van der Waals surface area contributed by atoms with E-state index in [-0.39, 0.29) is 18.2 Å². The Labute approximate surface area is 150 Å². The third-order valence-corrected chi connectivity index (χ3v) is 4.58. The lowest BCUT2D eigenvalue weighted by atomic mass is 10.1. The van der Waals surface area contributed by atoms with Gasteiger partial charge in [-0.1, -0.05) is 47.5 Å². The van der Waals surface area contributed by atoms with E-state index in [1.807, 2.05) is 56.4 Å². The summed E-state index contributed by atoms with van der Waals surface area (Å²) in [4.78, 5) is 15.4. The van der Waals surface area contributed by atoms with Crippen LogP contribution in [-0.4, -0.2) is 14.7 Å². The second kappa shape index (κ2) is 6.26. The van der Waals surface area contributed by atoms with Gasteiger partial charge in [0.15, 0.2) is 5.76 Å². The first-order chi connectivity index (χ1) is 12.5. The van der Waals surface area contributed by atoms with Crippen molar-refractivity contribution in [3.63, 3.8) is 0 Å². The van der Waals surface area contributed by atoms with Crippen molar-refractivity contribution in [2.75, 3.05) is 0 Å². The molecule has 2 aromatic carbocycles. The first-order valence-electron chi connectivity index (χ1n) is 8.55. The van der Waals surface area contributed by atoms with Crippen molar-refractivity contribution in [1.82, 2.24) is 9.55 Å². The van der Waals surface area contributed by atoms with Crippen LogP contribution in [0.15, 0.2) is 57.9 Å². The van der Waals surface area contributed by atoms with Gasteiger partial charge in [-0.2, -0.15) is 0 Å². The third-order valence-electron chi connectivity index (χ3n) is 4.58. The zero-order valence-electron chi connectivity index (χ0n) is 14.7. The molecule has 5 nitrogen and oxygen atoms in total. The molecule has 0 bridgehead atoms. The number of aromatic hydroxyl groups is 1. The number of para-hydroxylation sites is 1. The number of hydrogen-bond donors (Lipinski definition) is 2. The van der Waals surface area contributed by atoms with E-state index in [2.05, 4.69) is 11.1 Å². The number of fused-ring (bicyclic) bond motifs is 1. The van der Waals surface area contributed by atoms with Gasteiger partial charge in [-0.25, -0.2) is 9.36 Å². The first-order valence-corrected chi connectivity index (χ1v) is 8.55. The van der Waals surface area contributed by atoms with Gasteiger partial charge in [0.2, 0.25) is 5.88 Å². The zero-order chi connectivity index (χ0) is 18.3. The fraction of sp³-hybridized carbons (Fsp3) is 0.190. The van der Waals surface area contributed by atoms with Crippen molar-refractivity contribution >= 4 is 10.9 Å². The summed E-state index contributed by atoms with van der Waals surface area (Å²) in [5.74, 6) is -0.375. The molecule has 0 aliphatic heterocycles. The predicted octanol–water partition coefficient (Wildman–Crippen LogP) is 3.88. The van der Waals surface area contributed by atoms with E-state index in [0.29, 0.717) is 6.42 Å². The van der Waals surface area contributed by atoms with Crippen LogP contribution in [0.5, 0.6) is 5.88 Å². The Kier molecular flexibility index (Phi) is 3.92. The maximum absolute atomic E-state index is 12.3. The van der Waals surface area contributed by atoms with Crippen LogP contribution in [0.4, 0.5) is 0 Å². The number of benzene rings is 2. The standard InChI is InChI=1S/C21H20N2O3/c1-13-7-14(2)9-15(8-13)12-23-20(24)19(26-21(23)25)10-16-11-22-18-6-4-3-5-17(16)18/h3-9,11,22,24H,10,12H2,1-2H3. The molecule has 0 radical (unpaired) electrons.